The first kappa shape index (κ1) is 10.7. The molecule has 0 aliphatic rings. The van der Waals surface area contributed by atoms with Crippen molar-refractivity contribution in [3.8, 4) is 0 Å². The quantitative estimate of drug-likeness (QED) is 0.792. The molecule has 1 N–H and O–H groups in total. The van der Waals surface area contributed by atoms with Crippen molar-refractivity contribution in [1.82, 2.24) is 0 Å². The molecule has 1 aromatic rings. The zero-order valence-corrected chi connectivity index (χ0v) is 8.93. The maximum atomic E-state index is 8.80. The van der Waals surface area contributed by atoms with E-state index in [1.165, 1.54) is 0 Å². The number of aliphatic hydroxyl groups is 1. The van der Waals surface area contributed by atoms with Crippen molar-refractivity contribution in [3.05, 3.63) is 23.7 Å². The predicted molar refractivity (Wildman–Crippen MR) is 55.9 cm³/mol. The highest BCUT2D eigenvalue weighted by Gasteiger charge is 2.02. The molecule has 1 heterocycles. The fraction of sp³-hybridized carbons (Fsp3) is 0.600. The van der Waals surface area contributed by atoms with Crippen LogP contribution in [0.25, 0.3) is 0 Å². The van der Waals surface area contributed by atoms with Crippen LogP contribution in [0.3, 0.4) is 0 Å². The van der Waals surface area contributed by atoms with Gasteiger partial charge in [0, 0.05) is 6.61 Å². The van der Waals surface area contributed by atoms with E-state index in [4.69, 9.17) is 9.52 Å². The van der Waals surface area contributed by atoms with Gasteiger partial charge in [-0.25, -0.2) is 0 Å². The van der Waals surface area contributed by atoms with Crippen LogP contribution >= 0.6 is 11.8 Å². The number of aryl methyl sites for hydroxylation is 1. The van der Waals surface area contributed by atoms with E-state index in [0.717, 1.165) is 23.0 Å². The fourth-order valence-corrected chi connectivity index (χ4v) is 1.96. The normalized spacial score (nSPS) is 13.2. The third-order valence-electron chi connectivity index (χ3n) is 1.75. The van der Waals surface area contributed by atoms with Crippen LogP contribution in [-0.4, -0.2) is 17.5 Å². The van der Waals surface area contributed by atoms with Crippen molar-refractivity contribution in [3.63, 3.8) is 0 Å². The minimum absolute atomic E-state index is 0.268. The molecule has 0 bridgehead atoms. The average Bonchev–Trinajstić information content (AvgIpc) is 2.51. The van der Waals surface area contributed by atoms with Crippen molar-refractivity contribution in [2.75, 3.05) is 12.4 Å². The lowest BCUT2D eigenvalue weighted by Crippen LogP contribution is -2.03. The highest BCUT2D eigenvalue weighted by molar-refractivity contribution is 7.98. The summed E-state index contributed by atoms with van der Waals surface area (Å²) in [4.78, 5) is 0. The molecule has 1 rings (SSSR count). The van der Waals surface area contributed by atoms with Gasteiger partial charge in [0.1, 0.15) is 11.5 Å². The van der Waals surface area contributed by atoms with Gasteiger partial charge in [-0.2, -0.15) is 11.8 Å². The molecule has 0 spiro atoms. The SMILES string of the molecule is Cc1ccc(CSCC(C)CO)o1. The van der Waals surface area contributed by atoms with Gasteiger partial charge in [0.05, 0.1) is 5.75 Å². The van der Waals surface area contributed by atoms with Gasteiger partial charge in [0.2, 0.25) is 0 Å². The minimum atomic E-state index is 0.268. The molecular formula is C10H16O2S. The molecule has 1 aromatic heterocycles. The summed E-state index contributed by atoms with van der Waals surface area (Å²) in [6, 6.07) is 3.98. The minimum Gasteiger partial charge on any atom is -0.466 e. The molecule has 0 amide bonds. The summed E-state index contributed by atoms with van der Waals surface area (Å²) in [5, 5.41) is 8.80. The van der Waals surface area contributed by atoms with Crippen molar-refractivity contribution >= 4 is 11.8 Å². The molecule has 3 heteroatoms. The zero-order chi connectivity index (χ0) is 9.68. The van der Waals surface area contributed by atoms with Crippen LogP contribution < -0.4 is 0 Å². The molecule has 1 atom stereocenters. The second-order valence-electron chi connectivity index (χ2n) is 3.32. The van der Waals surface area contributed by atoms with Crippen molar-refractivity contribution < 1.29 is 9.52 Å². The van der Waals surface area contributed by atoms with Crippen LogP contribution in [0.4, 0.5) is 0 Å². The molecule has 0 aliphatic carbocycles. The van der Waals surface area contributed by atoms with E-state index in [1.807, 2.05) is 26.0 Å². The lowest BCUT2D eigenvalue weighted by molar-refractivity contribution is 0.250. The van der Waals surface area contributed by atoms with Gasteiger partial charge in [-0.05, 0) is 30.7 Å². The Balaban J connectivity index is 2.20. The Morgan fingerprint density at radius 3 is 2.85 bits per heavy atom. The number of thioether (sulfide) groups is 1. The Morgan fingerprint density at radius 2 is 2.31 bits per heavy atom. The van der Waals surface area contributed by atoms with E-state index >= 15 is 0 Å². The summed E-state index contributed by atoms with van der Waals surface area (Å²) >= 11 is 1.80. The summed E-state index contributed by atoms with van der Waals surface area (Å²) in [6.07, 6.45) is 0. The van der Waals surface area contributed by atoms with Gasteiger partial charge in [-0.3, -0.25) is 0 Å². The third-order valence-corrected chi connectivity index (χ3v) is 3.05. The van der Waals surface area contributed by atoms with Crippen molar-refractivity contribution in [2.45, 2.75) is 19.6 Å². The molecule has 2 nitrogen and oxygen atoms in total. The van der Waals surface area contributed by atoms with Crippen LogP contribution in [0.5, 0.6) is 0 Å². The molecular weight excluding hydrogens is 184 g/mol. The zero-order valence-electron chi connectivity index (χ0n) is 8.12. The topological polar surface area (TPSA) is 33.4 Å². The summed E-state index contributed by atoms with van der Waals surface area (Å²) in [5.74, 6) is 4.24. The van der Waals surface area contributed by atoms with Gasteiger partial charge < -0.3 is 9.52 Å². The van der Waals surface area contributed by atoms with Crippen LogP contribution in [-0.2, 0) is 5.75 Å². The maximum Gasteiger partial charge on any atom is 0.114 e. The molecule has 0 saturated carbocycles. The summed E-state index contributed by atoms with van der Waals surface area (Å²) in [7, 11) is 0. The van der Waals surface area contributed by atoms with E-state index in [-0.39, 0.29) is 6.61 Å². The Kier molecular flexibility index (Phi) is 4.39. The van der Waals surface area contributed by atoms with E-state index in [9.17, 15) is 0 Å². The van der Waals surface area contributed by atoms with Crippen LogP contribution in [0.15, 0.2) is 16.5 Å². The molecule has 0 aromatic carbocycles. The third kappa shape index (κ3) is 3.87. The Labute approximate surface area is 83.3 Å². The predicted octanol–water partition coefficient (Wildman–Crippen LogP) is 2.45. The van der Waals surface area contributed by atoms with Crippen molar-refractivity contribution in [2.24, 2.45) is 5.92 Å². The van der Waals surface area contributed by atoms with Crippen LogP contribution in [0.1, 0.15) is 18.4 Å². The first-order valence-corrected chi connectivity index (χ1v) is 5.61. The second-order valence-corrected chi connectivity index (χ2v) is 4.35. The van der Waals surface area contributed by atoms with Gasteiger partial charge in [-0.1, -0.05) is 6.92 Å². The number of rotatable bonds is 5. The van der Waals surface area contributed by atoms with Gasteiger partial charge in [0.25, 0.3) is 0 Å². The van der Waals surface area contributed by atoms with E-state index in [0.29, 0.717) is 5.92 Å². The number of hydrogen-bond acceptors (Lipinski definition) is 3. The molecule has 0 fully saturated rings. The molecule has 0 aliphatic heterocycles. The Hall–Kier alpha value is -0.410. The smallest absolute Gasteiger partial charge is 0.114 e. The number of aliphatic hydroxyl groups excluding tert-OH is 1. The maximum absolute atomic E-state index is 8.80. The van der Waals surface area contributed by atoms with E-state index in [1.54, 1.807) is 11.8 Å². The first-order chi connectivity index (χ1) is 6.22. The molecule has 1 unspecified atom stereocenters. The Morgan fingerprint density at radius 1 is 1.54 bits per heavy atom. The molecule has 13 heavy (non-hydrogen) atoms. The van der Waals surface area contributed by atoms with E-state index in [2.05, 4.69) is 0 Å². The average molecular weight is 200 g/mol. The largest absolute Gasteiger partial charge is 0.466 e. The van der Waals surface area contributed by atoms with Crippen molar-refractivity contribution in [1.29, 1.82) is 0 Å². The standard InChI is InChI=1S/C10H16O2S/c1-8(5-11)6-13-7-10-4-3-9(2)12-10/h3-4,8,11H,5-7H2,1-2H3. The van der Waals surface area contributed by atoms with E-state index < -0.39 is 0 Å². The Bertz CT molecular complexity index is 245. The number of hydrogen-bond donors (Lipinski definition) is 1. The lowest BCUT2D eigenvalue weighted by atomic mass is 10.2. The highest BCUT2D eigenvalue weighted by atomic mass is 32.2. The summed E-state index contributed by atoms with van der Waals surface area (Å²) < 4.78 is 5.42. The number of furan rings is 1. The second kappa shape index (κ2) is 5.35. The molecule has 0 saturated heterocycles. The summed E-state index contributed by atoms with van der Waals surface area (Å²) in [6.45, 7) is 4.26. The summed E-state index contributed by atoms with van der Waals surface area (Å²) in [5.41, 5.74) is 0. The fourth-order valence-electron chi connectivity index (χ4n) is 0.976. The molecule has 0 radical (unpaired) electrons. The monoisotopic (exact) mass is 200 g/mol. The van der Waals surface area contributed by atoms with Crippen LogP contribution in [0, 0.1) is 12.8 Å². The highest BCUT2D eigenvalue weighted by Crippen LogP contribution is 2.17. The van der Waals surface area contributed by atoms with Crippen LogP contribution in [0.2, 0.25) is 0 Å². The lowest BCUT2D eigenvalue weighted by Gasteiger charge is -2.05. The van der Waals surface area contributed by atoms with Gasteiger partial charge >= 0.3 is 0 Å². The van der Waals surface area contributed by atoms with Gasteiger partial charge in [-0.15, -0.1) is 0 Å². The first-order valence-electron chi connectivity index (χ1n) is 4.46. The molecule has 74 valence electrons. The van der Waals surface area contributed by atoms with Gasteiger partial charge in [0.15, 0.2) is 0 Å².